The van der Waals surface area contributed by atoms with Crippen molar-refractivity contribution in [2.24, 2.45) is 7.05 Å². The van der Waals surface area contributed by atoms with Crippen molar-refractivity contribution in [1.29, 1.82) is 0 Å². The number of nitrogens with one attached hydrogen (secondary N) is 1. The molecule has 1 atom stereocenters. The topological polar surface area (TPSA) is 73.1 Å². The fourth-order valence-electron chi connectivity index (χ4n) is 3.04. The van der Waals surface area contributed by atoms with Gasteiger partial charge < -0.3 is 0 Å². The van der Waals surface area contributed by atoms with Crippen LogP contribution in [0.25, 0.3) is 16.6 Å². The lowest BCUT2D eigenvalue weighted by Gasteiger charge is -2.22. The molecule has 3 rings (SSSR count). The maximum Gasteiger partial charge on any atom is 0.329 e. The van der Waals surface area contributed by atoms with Crippen LogP contribution in [-0.2, 0) is 16.6 Å². The molecule has 6 nitrogen and oxygen atoms in total. The zero-order chi connectivity index (χ0) is 16.9. The highest BCUT2D eigenvalue weighted by molar-refractivity contribution is 6.31. The summed E-state index contributed by atoms with van der Waals surface area (Å²) in [5.74, 6) is -0.784. The van der Waals surface area contributed by atoms with Crippen LogP contribution >= 0.6 is 11.6 Å². The molecule has 0 spiro atoms. The molecule has 2 amide bonds. The number of carbonyl (C=O) groups excluding carboxylic acids is 2. The Morgan fingerprint density at radius 3 is 2.65 bits per heavy atom. The van der Waals surface area contributed by atoms with Crippen LogP contribution in [0.3, 0.4) is 0 Å². The van der Waals surface area contributed by atoms with Crippen LogP contribution in [0.2, 0.25) is 5.02 Å². The van der Waals surface area contributed by atoms with Gasteiger partial charge in [-0.15, -0.1) is 0 Å². The SMILES string of the molecule is C=C(C)c1cc(Cl)cc2c1n(C)c(=O)n2C1CCC(=O)NC1=O. The summed E-state index contributed by atoms with van der Waals surface area (Å²) in [5.41, 5.74) is 2.46. The molecule has 2 heterocycles. The molecule has 0 saturated carbocycles. The molecular weight excluding hydrogens is 318 g/mol. The molecule has 120 valence electrons. The van der Waals surface area contributed by atoms with Crippen molar-refractivity contribution >= 4 is 40.0 Å². The van der Waals surface area contributed by atoms with Gasteiger partial charge in [-0.3, -0.25) is 24.0 Å². The van der Waals surface area contributed by atoms with Crippen molar-refractivity contribution < 1.29 is 9.59 Å². The first-order valence-electron chi connectivity index (χ1n) is 7.21. The van der Waals surface area contributed by atoms with E-state index in [9.17, 15) is 14.4 Å². The quantitative estimate of drug-likeness (QED) is 0.854. The van der Waals surface area contributed by atoms with Gasteiger partial charge in [-0.25, -0.2) is 4.79 Å². The summed E-state index contributed by atoms with van der Waals surface area (Å²) in [6, 6.07) is 2.69. The van der Waals surface area contributed by atoms with Crippen molar-refractivity contribution in [3.63, 3.8) is 0 Å². The van der Waals surface area contributed by atoms with Gasteiger partial charge in [0.05, 0.1) is 11.0 Å². The molecule has 1 saturated heterocycles. The summed E-state index contributed by atoms with van der Waals surface area (Å²) in [7, 11) is 1.65. The van der Waals surface area contributed by atoms with Crippen LogP contribution in [0, 0.1) is 0 Å². The zero-order valence-electron chi connectivity index (χ0n) is 12.9. The van der Waals surface area contributed by atoms with Gasteiger partial charge >= 0.3 is 5.69 Å². The number of aromatic nitrogens is 2. The van der Waals surface area contributed by atoms with Crippen molar-refractivity contribution in [1.82, 2.24) is 14.5 Å². The summed E-state index contributed by atoms with van der Waals surface area (Å²) < 4.78 is 2.90. The number of halogens is 1. The molecule has 1 aromatic carbocycles. The van der Waals surface area contributed by atoms with Crippen LogP contribution in [0.5, 0.6) is 0 Å². The van der Waals surface area contributed by atoms with Gasteiger partial charge in [-0.1, -0.05) is 18.2 Å². The Kier molecular flexibility index (Phi) is 3.64. The average Bonchev–Trinajstić information content (AvgIpc) is 2.71. The number of allylic oxidation sites excluding steroid dienone is 1. The first-order valence-corrected chi connectivity index (χ1v) is 7.59. The third-order valence-corrected chi connectivity index (χ3v) is 4.34. The lowest BCUT2D eigenvalue weighted by Crippen LogP contribution is -2.44. The van der Waals surface area contributed by atoms with Gasteiger partial charge in [0.1, 0.15) is 6.04 Å². The van der Waals surface area contributed by atoms with Crippen molar-refractivity contribution in [3.05, 3.63) is 39.8 Å². The number of rotatable bonds is 2. The number of amides is 2. The van der Waals surface area contributed by atoms with Crippen LogP contribution < -0.4 is 11.0 Å². The van der Waals surface area contributed by atoms with Gasteiger partial charge in [0, 0.05) is 24.1 Å². The number of hydrogen-bond donors (Lipinski definition) is 1. The molecule has 0 radical (unpaired) electrons. The number of nitrogens with zero attached hydrogens (tertiary/aromatic N) is 2. The third kappa shape index (κ3) is 2.39. The molecule has 2 aromatic rings. The Morgan fingerprint density at radius 1 is 1.35 bits per heavy atom. The van der Waals surface area contributed by atoms with E-state index in [4.69, 9.17) is 11.6 Å². The summed E-state index contributed by atoms with van der Waals surface area (Å²) in [4.78, 5) is 36.2. The van der Waals surface area contributed by atoms with Crippen LogP contribution in [0.1, 0.15) is 31.4 Å². The maximum atomic E-state index is 12.7. The lowest BCUT2D eigenvalue weighted by molar-refractivity contribution is -0.135. The van der Waals surface area contributed by atoms with E-state index in [-0.39, 0.29) is 18.0 Å². The van der Waals surface area contributed by atoms with Gasteiger partial charge in [-0.2, -0.15) is 0 Å². The van der Waals surface area contributed by atoms with E-state index in [0.29, 0.717) is 22.5 Å². The molecule has 7 heteroatoms. The van der Waals surface area contributed by atoms with Crippen molar-refractivity contribution in [2.45, 2.75) is 25.8 Å². The summed E-state index contributed by atoms with van der Waals surface area (Å²) >= 11 is 6.18. The highest BCUT2D eigenvalue weighted by Crippen LogP contribution is 2.30. The molecule has 1 unspecified atom stereocenters. The number of piperidine rings is 1. The molecule has 1 aliphatic heterocycles. The zero-order valence-corrected chi connectivity index (χ0v) is 13.6. The van der Waals surface area contributed by atoms with E-state index >= 15 is 0 Å². The Bertz CT molecular complexity index is 923. The Labute approximate surface area is 137 Å². The minimum atomic E-state index is -0.722. The lowest BCUT2D eigenvalue weighted by atomic mass is 10.0. The standard InChI is InChI=1S/C16H16ClN3O3/c1-8(2)10-6-9(17)7-12-14(10)19(3)16(23)20(12)11-4-5-13(21)18-15(11)22/h6-7,11H,1,4-5H2,2-3H3,(H,18,21,22). The Balaban J connectivity index is 2.32. The Morgan fingerprint density at radius 2 is 2.04 bits per heavy atom. The summed E-state index contributed by atoms with van der Waals surface area (Å²) in [5, 5.41) is 2.74. The van der Waals surface area contributed by atoms with Crippen LogP contribution in [0.15, 0.2) is 23.5 Å². The minimum absolute atomic E-state index is 0.202. The second-order valence-corrected chi connectivity index (χ2v) is 6.22. The number of imidazole rings is 1. The molecule has 1 aliphatic rings. The third-order valence-electron chi connectivity index (χ3n) is 4.12. The first-order chi connectivity index (χ1) is 10.8. The van der Waals surface area contributed by atoms with Gasteiger partial charge in [-0.05, 0) is 31.1 Å². The Hall–Kier alpha value is -2.34. The second-order valence-electron chi connectivity index (χ2n) is 5.78. The van der Waals surface area contributed by atoms with Crippen LogP contribution in [0.4, 0.5) is 0 Å². The molecule has 1 aromatic heterocycles. The normalized spacial score (nSPS) is 18.3. The molecule has 1 N–H and O–H groups in total. The van der Waals surface area contributed by atoms with Crippen LogP contribution in [-0.4, -0.2) is 20.9 Å². The summed E-state index contributed by atoms with van der Waals surface area (Å²) in [6.07, 6.45) is 0.492. The van der Waals surface area contributed by atoms with Gasteiger partial charge in [0.15, 0.2) is 0 Å². The predicted octanol–water partition coefficient (Wildman–Crippen LogP) is 2.00. The largest absolute Gasteiger partial charge is 0.329 e. The molecular formula is C16H16ClN3O3. The van der Waals surface area contributed by atoms with Gasteiger partial charge in [0.25, 0.3) is 0 Å². The van der Waals surface area contributed by atoms with Crippen molar-refractivity contribution in [3.8, 4) is 0 Å². The van der Waals surface area contributed by atoms with E-state index in [0.717, 1.165) is 11.1 Å². The highest BCUT2D eigenvalue weighted by atomic mass is 35.5. The number of benzene rings is 1. The average molecular weight is 334 g/mol. The second kappa shape index (κ2) is 5.38. The molecule has 1 fully saturated rings. The van der Waals surface area contributed by atoms with E-state index in [1.807, 2.05) is 6.92 Å². The van der Waals surface area contributed by atoms with E-state index in [2.05, 4.69) is 11.9 Å². The smallest absolute Gasteiger partial charge is 0.295 e. The number of fused-ring (bicyclic) bond motifs is 1. The van der Waals surface area contributed by atoms with E-state index < -0.39 is 11.9 Å². The van der Waals surface area contributed by atoms with E-state index in [1.54, 1.807) is 19.2 Å². The number of carbonyl (C=O) groups is 2. The highest BCUT2D eigenvalue weighted by Gasteiger charge is 2.31. The van der Waals surface area contributed by atoms with Crippen molar-refractivity contribution in [2.75, 3.05) is 0 Å². The van der Waals surface area contributed by atoms with E-state index in [1.165, 1.54) is 9.13 Å². The monoisotopic (exact) mass is 333 g/mol. The number of imide groups is 1. The predicted molar refractivity (Wildman–Crippen MR) is 88.3 cm³/mol. The number of aryl methyl sites for hydroxylation is 1. The first kappa shape index (κ1) is 15.6. The fraction of sp³-hybridized carbons (Fsp3) is 0.312. The summed E-state index contributed by atoms with van der Waals surface area (Å²) in [6.45, 7) is 5.76. The number of hydrogen-bond acceptors (Lipinski definition) is 3. The minimum Gasteiger partial charge on any atom is -0.295 e. The maximum absolute atomic E-state index is 12.7. The fourth-order valence-corrected chi connectivity index (χ4v) is 3.25. The molecule has 0 aliphatic carbocycles. The molecule has 23 heavy (non-hydrogen) atoms. The molecule has 0 bridgehead atoms. The van der Waals surface area contributed by atoms with Gasteiger partial charge in [0.2, 0.25) is 11.8 Å².